The van der Waals surface area contributed by atoms with Crippen molar-refractivity contribution in [3.05, 3.63) is 28.2 Å². The van der Waals surface area contributed by atoms with E-state index in [0.717, 1.165) is 18.5 Å². The van der Waals surface area contributed by atoms with Gasteiger partial charge in [0.05, 0.1) is 7.11 Å². The van der Waals surface area contributed by atoms with Crippen LogP contribution in [0.3, 0.4) is 0 Å². The highest BCUT2D eigenvalue weighted by Gasteiger charge is 2.22. The van der Waals surface area contributed by atoms with E-state index in [1.165, 1.54) is 13.2 Å². The number of ether oxygens (including phenoxy) is 2. The van der Waals surface area contributed by atoms with Crippen LogP contribution in [0.5, 0.6) is 5.75 Å². The molecular formula is C14H20N2O4. The molecule has 1 aromatic rings. The zero-order valence-corrected chi connectivity index (χ0v) is 11.8. The molecule has 1 aromatic heterocycles. The lowest BCUT2D eigenvalue weighted by Gasteiger charge is -2.13. The summed E-state index contributed by atoms with van der Waals surface area (Å²) in [4.78, 5) is 23.7. The zero-order chi connectivity index (χ0) is 14.5. The maximum Gasteiger partial charge on any atom is 0.254 e. The largest absolute Gasteiger partial charge is 0.496 e. The summed E-state index contributed by atoms with van der Waals surface area (Å²) in [5.74, 6) is 0.453. The second-order valence-electron chi connectivity index (χ2n) is 4.82. The number of hydrogen-bond donors (Lipinski definition) is 1. The van der Waals surface area contributed by atoms with E-state index in [9.17, 15) is 9.59 Å². The summed E-state index contributed by atoms with van der Waals surface area (Å²) in [6.07, 6.45) is 1.37. The third kappa shape index (κ3) is 3.39. The topological polar surface area (TPSA) is 69.6 Å². The molecule has 1 N–H and O–H groups in total. The molecule has 1 fully saturated rings. The van der Waals surface area contributed by atoms with Crippen molar-refractivity contribution in [3.8, 4) is 5.75 Å². The van der Waals surface area contributed by atoms with Gasteiger partial charge in [0.2, 0.25) is 5.91 Å². The highest BCUT2D eigenvalue weighted by molar-refractivity contribution is 5.80. The molecule has 1 aliphatic rings. The molecule has 0 radical (unpaired) electrons. The number of methoxy groups -OCH3 is 1. The van der Waals surface area contributed by atoms with E-state index in [1.54, 1.807) is 10.6 Å². The summed E-state index contributed by atoms with van der Waals surface area (Å²) >= 11 is 0. The molecule has 20 heavy (non-hydrogen) atoms. The Morgan fingerprint density at radius 3 is 2.95 bits per heavy atom. The van der Waals surface area contributed by atoms with Crippen molar-refractivity contribution in [2.75, 3.05) is 20.3 Å². The highest BCUT2D eigenvalue weighted by Crippen LogP contribution is 2.11. The van der Waals surface area contributed by atoms with Gasteiger partial charge in [-0.3, -0.25) is 9.59 Å². The molecule has 6 nitrogen and oxygen atoms in total. The summed E-state index contributed by atoms with van der Waals surface area (Å²) < 4.78 is 11.9. The molecule has 0 aromatic carbocycles. The van der Waals surface area contributed by atoms with Gasteiger partial charge in [-0.05, 0) is 25.8 Å². The van der Waals surface area contributed by atoms with Gasteiger partial charge in [0.1, 0.15) is 11.9 Å². The summed E-state index contributed by atoms with van der Waals surface area (Å²) in [7, 11) is 1.53. The summed E-state index contributed by atoms with van der Waals surface area (Å²) in [6, 6.07) is 3.23. The number of carbonyl (C=O) groups is 1. The van der Waals surface area contributed by atoms with Gasteiger partial charge >= 0.3 is 0 Å². The fraction of sp³-hybridized carbons (Fsp3) is 0.571. The van der Waals surface area contributed by atoms with E-state index in [-0.39, 0.29) is 17.6 Å². The number of pyridine rings is 1. The highest BCUT2D eigenvalue weighted by atomic mass is 16.5. The molecule has 0 saturated carbocycles. The van der Waals surface area contributed by atoms with Crippen molar-refractivity contribution >= 4 is 5.91 Å². The van der Waals surface area contributed by atoms with Crippen LogP contribution in [0.2, 0.25) is 0 Å². The number of nitrogens with zero attached hydrogens (tertiary/aromatic N) is 1. The summed E-state index contributed by atoms with van der Waals surface area (Å²) in [6.45, 7) is 3.33. The molecule has 1 aliphatic heterocycles. The Balaban J connectivity index is 1.91. The third-order valence-corrected chi connectivity index (χ3v) is 3.40. The van der Waals surface area contributed by atoms with Crippen molar-refractivity contribution < 1.29 is 14.3 Å². The normalized spacial score (nSPS) is 18.0. The van der Waals surface area contributed by atoms with Gasteiger partial charge in [-0.25, -0.2) is 0 Å². The fourth-order valence-electron chi connectivity index (χ4n) is 2.29. The molecule has 110 valence electrons. The van der Waals surface area contributed by atoms with Crippen LogP contribution in [0.25, 0.3) is 0 Å². The molecule has 1 unspecified atom stereocenters. The number of aromatic nitrogens is 1. The molecule has 0 spiro atoms. The lowest BCUT2D eigenvalue weighted by molar-refractivity contribution is -0.130. The molecule has 1 atom stereocenters. The first-order chi connectivity index (χ1) is 9.61. The third-order valence-electron chi connectivity index (χ3n) is 3.40. The van der Waals surface area contributed by atoms with Gasteiger partial charge in [-0.1, -0.05) is 0 Å². The standard InChI is InChI=1S/C14H20N2O4/c1-10-8-11(19-2)9-13(17)16(10)6-5-15-14(18)12-4-3-7-20-12/h8-9,12H,3-7H2,1-2H3,(H,15,18). The number of amides is 1. The lowest BCUT2D eigenvalue weighted by atomic mass is 10.2. The first kappa shape index (κ1) is 14.6. The van der Waals surface area contributed by atoms with Crippen LogP contribution in [0, 0.1) is 6.92 Å². The summed E-state index contributed by atoms with van der Waals surface area (Å²) in [5, 5.41) is 2.80. The number of nitrogens with one attached hydrogen (secondary N) is 1. The van der Waals surface area contributed by atoms with Crippen molar-refractivity contribution in [1.29, 1.82) is 0 Å². The number of rotatable bonds is 5. The number of hydrogen-bond acceptors (Lipinski definition) is 4. The van der Waals surface area contributed by atoms with Gasteiger partial charge in [-0.2, -0.15) is 0 Å². The quantitative estimate of drug-likeness (QED) is 0.850. The number of aryl methyl sites for hydroxylation is 1. The predicted octanol–water partition coefficient (Wildman–Crippen LogP) is 0.461. The second kappa shape index (κ2) is 6.56. The number of carbonyl (C=O) groups excluding carboxylic acids is 1. The Kier molecular flexibility index (Phi) is 4.79. The molecule has 6 heteroatoms. The molecule has 1 saturated heterocycles. The first-order valence-corrected chi connectivity index (χ1v) is 6.76. The van der Waals surface area contributed by atoms with Crippen LogP contribution in [0.15, 0.2) is 16.9 Å². The minimum absolute atomic E-state index is 0.0956. The Bertz CT molecular complexity index is 532. The molecule has 2 rings (SSSR count). The van der Waals surface area contributed by atoms with Crippen LogP contribution in [0.1, 0.15) is 18.5 Å². The Labute approximate surface area is 117 Å². The van der Waals surface area contributed by atoms with E-state index < -0.39 is 0 Å². The van der Waals surface area contributed by atoms with Gasteiger partial charge in [-0.15, -0.1) is 0 Å². The maximum absolute atomic E-state index is 11.9. The minimum atomic E-state index is -0.330. The van der Waals surface area contributed by atoms with Crippen molar-refractivity contribution in [1.82, 2.24) is 9.88 Å². The zero-order valence-electron chi connectivity index (χ0n) is 11.8. The van der Waals surface area contributed by atoms with Crippen molar-refractivity contribution in [3.63, 3.8) is 0 Å². The van der Waals surface area contributed by atoms with Crippen LogP contribution in [0.4, 0.5) is 0 Å². The van der Waals surface area contributed by atoms with Crippen LogP contribution in [-0.4, -0.2) is 36.8 Å². The molecule has 1 amide bonds. The Morgan fingerprint density at radius 1 is 1.55 bits per heavy atom. The van der Waals surface area contributed by atoms with Gasteiger partial charge in [0.15, 0.2) is 0 Å². The average Bonchev–Trinajstić information content (AvgIpc) is 2.95. The van der Waals surface area contributed by atoms with Gasteiger partial charge in [0.25, 0.3) is 5.56 Å². The van der Waals surface area contributed by atoms with E-state index in [2.05, 4.69) is 5.32 Å². The van der Waals surface area contributed by atoms with E-state index in [0.29, 0.717) is 25.4 Å². The SMILES string of the molecule is COc1cc(C)n(CCNC(=O)C2CCCO2)c(=O)c1. The van der Waals surface area contributed by atoms with Crippen LogP contribution < -0.4 is 15.6 Å². The average molecular weight is 280 g/mol. The van der Waals surface area contributed by atoms with E-state index >= 15 is 0 Å². The van der Waals surface area contributed by atoms with Gasteiger partial charge < -0.3 is 19.4 Å². The Morgan fingerprint density at radius 2 is 2.35 bits per heavy atom. The molecule has 0 aliphatic carbocycles. The lowest BCUT2D eigenvalue weighted by Crippen LogP contribution is -2.37. The monoisotopic (exact) mass is 280 g/mol. The van der Waals surface area contributed by atoms with E-state index in [4.69, 9.17) is 9.47 Å². The molecule has 0 bridgehead atoms. The van der Waals surface area contributed by atoms with Crippen LogP contribution in [-0.2, 0) is 16.1 Å². The van der Waals surface area contributed by atoms with E-state index in [1.807, 2.05) is 6.92 Å². The predicted molar refractivity (Wildman–Crippen MR) is 74.0 cm³/mol. The van der Waals surface area contributed by atoms with Crippen LogP contribution >= 0.6 is 0 Å². The fourth-order valence-corrected chi connectivity index (χ4v) is 2.29. The van der Waals surface area contributed by atoms with Crippen molar-refractivity contribution in [2.24, 2.45) is 0 Å². The summed E-state index contributed by atoms with van der Waals surface area (Å²) in [5.41, 5.74) is 0.675. The molecule has 2 heterocycles. The first-order valence-electron chi connectivity index (χ1n) is 6.76. The van der Waals surface area contributed by atoms with Gasteiger partial charge in [0, 0.05) is 31.5 Å². The minimum Gasteiger partial charge on any atom is -0.496 e. The van der Waals surface area contributed by atoms with Crippen molar-refractivity contribution in [2.45, 2.75) is 32.4 Å². The smallest absolute Gasteiger partial charge is 0.254 e. The molecular weight excluding hydrogens is 260 g/mol. The second-order valence-corrected chi connectivity index (χ2v) is 4.82. The Hall–Kier alpha value is -1.82. The maximum atomic E-state index is 11.9.